The second-order valence-corrected chi connectivity index (χ2v) is 5.46. The average Bonchev–Trinajstić information content (AvgIpc) is 2.64. The fraction of sp³-hybridized carbons (Fsp3) is 0.786. The topological polar surface area (TPSA) is 32.3 Å². The maximum atomic E-state index is 11.8. The van der Waals surface area contributed by atoms with Crippen molar-refractivity contribution in [2.45, 2.75) is 51.1 Å². The van der Waals surface area contributed by atoms with Crippen molar-refractivity contribution in [2.75, 3.05) is 13.1 Å². The zero-order valence-corrected chi connectivity index (χ0v) is 10.8. The van der Waals surface area contributed by atoms with Gasteiger partial charge in [-0.05, 0) is 32.1 Å². The van der Waals surface area contributed by atoms with Gasteiger partial charge in [0.1, 0.15) is 0 Å². The Morgan fingerprint density at radius 1 is 1.47 bits per heavy atom. The van der Waals surface area contributed by atoms with E-state index in [4.69, 9.17) is 0 Å². The predicted octanol–water partition coefficient (Wildman–Crippen LogP) is 1.94. The molecule has 1 N–H and O–H groups in total. The number of fused-ring (bicyclic) bond motifs is 1. The third-order valence-electron chi connectivity index (χ3n) is 4.27. The lowest BCUT2D eigenvalue weighted by Crippen LogP contribution is -2.44. The molecule has 17 heavy (non-hydrogen) atoms. The maximum Gasteiger partial charge on any atom is 0.234 e. The van der Waals surface area contributed by atoms with Crippen molar-refractivity contribution in [3.63, 3.8) is 0 Å². The van der Waals surface area contributed by atoms with Crippen LogP contribution in [0.2, 0.25) is 0 Å². The molecule has 3 heteroatoms. The molecule has 1 saturated heterocycles. The van der Waals surface area contributed by atoms with Crippen molar-refractivity contribution in [2.24, 2.45) is 5.92 Å². The van der Waals surface area contributed by atoms with Crippen LogP contribution in [0.1, 0.15) is 39.0 Å². The maximum absolute atomic E-state index is 11.8. The molecule has 0 aromatic carbocycles. The Morgan fingerprint density at radius 2 is 2.24 bits per heavy atom. The summed E-state index contributed by atoms with van der Waals surface area (Å²) in [6, 6.07) is 1.23. The summed E-state index contributed by atoms with van der Waals surface area (Å²) in [5.74, 6) is 0.980. The monoisotopic (exact) mass is 236 g/mol. The van der Waals surface area contributed by atoms with Gasteiger partial charge in [-0.2, -0.15) is 0 Å². The van der Waals surface area contributed by atoms with Crippen LogP contribution in [-0.2, 0) is 4.79 Å². The minimum Gasteiger partial charge on any atom is -0.352 e. The molecule has 1 heterocycles. The number of amides is 1. The molecule has 0 spiro atoms. The van der Waals surface area contributed by atoms with Gasteiger partial charge in [0.25, 0.3) is 0 Å². The number of nitrogens with zero attached hydrogens (tertiary/aromatic N) is 1. The lowest BCUT2D eigenvalue weighted by molar-refractivity contribution is -0.122. The number of likely N-dealkylation sites (tertiary alicyclic amines) is 1. The van der Waals surface area contributed by atoms with E-state index in [-0.39, 0.29) is 5.91 Å². The number of hydrogen-bond acceptors (Lipinski definition) is 2. The first-order valence-electron chi connectivity index (χ1n) is 6.85. The van der Waals surface area contributed by atoms with E-state index >= 15 is 0 Å². The summed E-state index contributed by atoms with van der Waals surface area (Å²) in [6.07, 6.45) is 8.36. The lowest BCUT2D eigenvalue weighted by atomic mass is 9.85. The molecule has 96 valence electrons. The molecule has 2 rings (SSSR count). The van der Waals surface area contributed by atoms with Crippen molar-refractivity contribution < 1.29 is 4.79 Å². The molecular formula is C14H24N2O. The summed E-state index contributed by atoms with van der Waals surface area (Å²) < 4.78 is 0. The molecule has 2 aliphatic rings. The Bertz CT molecular complexity index is 290. The van der Waals surface area contributed by atoms with Crippen LogP contribution in [0.5, 0.6) is 0 Å². The van der Waals surface area contributed by atoms with Crippen molar-refractivity contribution >= 4 is 5.91 Å². The minimum absolute atomic E-state index is 0.142. The Balaban J connectivity index is 1.90. The summed E-state index contributed by atoms with van der Waals surface area (Å²) in [7, 11) is 0. The van der Waals surface area contributed by atoms with Gasteiger partial charge in [0, 0.05) is 18.6 Å². The minimum atomic E-state index is 0.142. The number of rotatable bonds is 4. The van der Waals surface area contributed by atoms with Gasteiger partial charge in [-0.1, -0.05) is 18.9 Å². The van der Waals surface area contributed by atoms with E-state index in [0.29, 0.717) is 25.2 Å². The molecule has 1 aliphatic carbocycles. The first kappa shape index (κ1) is 12.6. The largest absolute Gasteiger partial charge is 0.352 e. The van der Waals surface area contributed by atoms with Crippen LogP contribution in [0, 0.1) is 5.92 Å². The molecule has 0 bridgehead atoms. The summed E-state index contributed by atoms with van der Waals surface area (Å²) in [5, 5.41) is 2.88. The predicted molar refractivity (Wildman–Crippen MR) is 69.7 cm³/mol. The molecule has 3 atom stereocenters. The first-order valence-corrected chi connectivity index (χ1v) is 6.85. The summed E-state index contributed by atoms with van der Waals surface area (Å²) >= 11 is 0. The molecule has 0 radical (unpaired) electrons. The normalized spacial score (nSPS) is 33.1. The molecule has 0 aromatic rings. The molecule has 2 fully saturated rings. The molecule has 3 unspecified atom stereocenters. The SMILES string of the molecule is C=CCNC(=O)CN1C(C)CC2CCCCC21. The van der Waals surface area contributed by atoms with E-state index in [1.165, 1.54) is 32.1 Å². The van der Waals surface area contributed by atoms with Gasteiger partial charge >= 0.3 is 0 Å². The van der Waals surface area contributed by atoms with Crippen LogP contribution in [-0.4, -0.2) is 36.0 Å². The molecule has 1 aliphatic heterocycles. The lowest BCUT2D eigenvalue weighted by Gasteiger charge is -2.32. The summed E-state index contributed by atoms with van der Waals surface area (Å²) in [4.78, 5) is 14.2. The highest BCUT2D eigenvalue weighted by atomic mass is 16.2. The van der Waals surface area contributed by atoms with Crippen molar-refractivity contribution in [3.8, 4) is 0 Å². The number of nitrogens with one attached hydrogen (secondary N) is 1. The highest BCUT2D eigenvalue weighted by Crippen LogP contribution is 2.39. The summed E-state index contributed by atoms with van der Waals surface area (Å²) in [6.45, 7) is 7.02. The quantitative estimate of drug-likeness (QED) is 0.757. The first-order chi connectivity index (χ1) is 8.22. The van der Waals surface area contributed by atoms with E-state index in [1.807, 2.05) is 0 Å². The fourth-order valence-electron chi connectivity index (χ4n) is 3.48. The van der Waals surface area contributed by atoms with Crippen LogP contribution in [0.3, 0.4) is 0 Å². The van der Waals surface area contributed by atoms with Crippen LogP contribution in [0.15, 0.2) is 12.7 Å². The molecule has 1 amide bonds. The van der Waals surface area contributed by atoms with Gasteiger partial charge < -0.3 is 5.32 Å². The van der Waals surface area contributed by atoms with E-state index in [2.05, 4.69) is 23.7 Å². The molecular weight excluding hydrogens is 212 g/mol. The third kappa shape index (κ3) is 2.89. The average molecular weight is 236 g/mol. The van der Waals surface area contributed by atoms with Gasteiger partial charge in [0.2, 0.25) is 5.91 Å². The van der Waals surface area contributed by atoms with Gasteiger partial charge in [0.05, 0.1) is 6.54 Å². The zero-order chi connectivity index (χ0) is 12.3. The Hall–Kier alpha value is -0.830. The second kappa shape index (κ2) is 5.67. The van der Waals surface area contributed by atoms with Crippen molar-refractivity contribution in [3.05, 3.63) is 12.7 Å². The van der Waals surface area contributed by atoms with Crippen LogP contribution < -0.4 is 5.32 Å². The van der Waals surface area contributed by atoms with Gasteiger partial charge in [0.15, 0.2) is 0 Å². The van der Waals surface area contributed by atoms with Crippen LogP contribution >= 0.6 is 0 Å². The van der Waals surface area contributed by atoms with E-state index in [1.54, 1.807) is 6.08 Å². The highest BCUT2D eigenvalue weighted by Gasteiger charge is 2.40. The Kier molecular flexibility index (Phi) is 4.21. The standard InChI is InChI=1S/C14H24N2O/c1-3-8-15-14(17)10-16-11(2)9-12-6-4-5-7-13(12)16/h3,11-13H,1,4-10H2,2H3,(H,15,17). The van der Waals surface area contributed by atoms with Crippen LogP contribution in [0.4, 0.5) is 0 Å². The van der Waals surface area contributed by atoms with E-state index in [0.717, 1.165) is 5.92 Å². The van der Waals surface area contributed by atoms with Crippen LogP contribution in [0.25, 0.3) is 0 Å². The number of carbonyl (C=O) groups is 1. The van der Waals surface area contributed by atoms with Gasteiger partial charge in [-0.25, -0.2) is 0 Å². The molecule has 0 aromatic heterocycles. The molecule has 3 nitrogen and oxygen atoms in total. The van der Waals surface area contributed by atoms with E-state index in [9.17, 15) is 4.79 Å². The Morgan fingerprint density at radius 3 is 3.00 bits per heavy atom. The smallest absolute Gasteiger partial charge is 0.234 e. The van der Waals surface area contributed by atoms with Gasteiger partial charge in [-0.3, -0.25) is 9.69 Å². The highest BCUT2D eigenvalue weighted by molar-refractivity contribution is 5.78. The zero-order valence-electron chi connectivity index (χ0n) is 10.8. The summed E-state index contributed by atoms with van der Waals surface area (Å²) in [5.41, 5.74) is 0. The Labute approximate surface area is 104 Å². The number of hydrogen-bond donors (Lipinski definition) is 1. The second-order valence-electron chi connectivity index (χ2n) is 5.46. The van der Waals surface area contributed by atoms with Crippen molar-refractivity contribution in [1.29, 1.82) is 0 Å². The number of carbonyl (C=O) groups excluding carboxylic acids is 1. The third-order valence-corrected chi connectivity index (χ3v) is 4.27. The molecule has 1 saturated carbocycles. The fourth-order valence-corrected chi connectivity index (χ4v) is 3.48. The van der Waals surface area contributed by atoms with E-state index < -0.39 is 0 Å². The van der Waals surface area contributed by atoms with Crippen molar-refractivity contribution in [1.82, 2.24) is 10.2 Å². The van der Waals surface area contributed by atoms with Gasteiger partial charge in [-0.15, -0.1) is 6.58 Å².